The number of morpholine rings is 1. The molecule has 2 aliphatic heterocycles. The molecule has 108 valence electrons. The van der Waals surface area contributed by atoms with E-state index >= 15 is 0 Å². The first-order valence-electron chi connectivity index (χ1n) is 7.66. The van der Waals surface area contributed by atoms with Gasteiger partial charge in [0.25, 0.3) is 0 Å². The molecule has 3 rings (SSSR count). The average Bonchev–Trinajstić information content (AvgIpc) is 2.39. The van der Waals surface area contributed by atoms with E-state index in [0.717, 1.165) is 45.4 Å². The van der Waals surface area contributed by atoms with Gasteiger partial charge < -0.3 is 15.0 Å². The van der Waals surface area contributed by atoms with Gasteiger partial charge in [0.15, 0.2) is 0 Å². The van der Waals surface area contributed by atoms with E-state index in [4.69, 9.17) is 4.74 Å². The Morgan fingerprint density at radius 1 is 1.21 bits per heavy atom. The zero-order chi connectivity index (χ0) is 13.1. The minimum atomic E-state index is 0.214. The lowest BCUT2D eigenvalue weighted by Crippen LogP contribution is -2.54. The Kier molecular flexibility index (Phi) is 4.35. The number of nitrogens with one attached hydrogen (secondary N) is 1. The highest BCUT2D eigenvalue weighted by Crippen LogP contribution is 2.25. The summed E-state index contributed by atoms with van der Waals surface area (Å²) in [6.07, 6.45) is 4.69. The van der Waals surface area contributed by atoms with Gasteiger partial charge in [-0.3, -0.25) is 9.69 Å². The van der Waals surface area contributed by atoms with Crippen LogP contribution in [0.3, 0.4) is 0 Å². The van der Waals surface area contributed by atoms with Crippen LogP contribution >= 0.6 is 0 Å². The van der Waals surface area contributed by atoms with E-state index in [1.54, 1.807) is 0 Å². The van der Waals surface area contributed by atoms with Crippen molar-refractivity contribution in [2.24, 2.45) is 0 Å². The van der Waals surface area contributed by atoms with Crippen molar-refractivity contribution in [3.05, 3.63) is 0 Å². The van der Waals surface area contributed by atoms with Gasteiger partial charge in [-0.15, -0.1) is 0 Å². The average molecular weight is 267 g/mol. The Balaban J connectivity index is 1.41. The molecule has 5 heteroatoms. The summed E-state index contributed by atoms with van der Waals surface area (Å²) in [6, 6.07) is 1.02. The lowest BCUT2D eigenvalue weighted by atomic mass is 9.91. The zero-order valence-corrected chi connectivity index (χ0v) is 11.6. The summed E-state index contributed by atoms with van der Waals surface area (Å²) >= 11 is 0. The van der Waals surface area contributed by atoms with Crippen LogP contribution < -0.4 is 5.32 Å². The van der Waals surface area contributed by atoms with Gasteiger partial charge in [0.2, 0.25) is 5.91 Å². The van der Waals surface area contributed by atoms with Gasteiger partial charge >= 0.3 is 0 Å². The summed E-state index contributed by atoms with van der Waals surface area (Å²) in [5.74, 6) is 0.288. The quantitative estimate of drug-likeness (QED) is 0.785. The molecule has 1 amide bonds. The second-order valence-corrected chi connectivity index (χ2v) is 5.93. The molecule has 1 saturated carbocycles. The van der Waals surface area contributed by atoms with E-state index in [1.807, 2.05) is 4.90 Å². The first-order chi connectivity index (χ1) is 9.33. The van der Waals surface area contributed by atoms with Crippen LogP contribution in [-0.2, 0) is 9.53 Å². The van der Waals surface area contributed by atoms with Crippen molar-refractivity contribution in [3.8, 4) is 0 Å². The highest BCUT2D eigenvalue weighted by Gasteiger charge is 2.30. The number of nitrogens with zero attached hydrogens (tertiary/aromatic N) is 2. The van der Waals surface area contributed by atoms with Crippen molar-refractivity contribution >= 4 is 5.91 Å². The first-order valence-corrected chi connectivity index (χ1v) is 7.66. The lowest BCUT2D eigenvalue weighted by Gasteiger charge is -2.43. The zero-order valence-electron chi connectivity index (χ0n) is 11.6. The van der Waals surface area contributed by atoms with Gasteiger partial charge in [-0.1, -0.05) is 6.42 Å². The summed E-state index contributed by atoms with van der Waals surface area (Å²) in [5.41, 5.74) is 0. The molecule has 19 heavy (non-hydrogen) atoms. The van der Waals surface area contributed by atoms with E-state index in [2.05, 4.69) is 10.2 Å². The van der Waals surface area contributed by atoms with Crippen LogP contribution in [0, 0.1) is 0 Å². The van der Waals surface area contributed by atoms with Gasteiger partial charge in [0.05, 0.1) is 13.2 Å². The predicted octanol–water partition coefficient (Wildman–Crippen LogP) is 0.0616. The van der Waals surface area contributed by atoms with Gasteiger partial charge in [-0.25, -0.2) is 0 Å². The maximum atomic E-state index is 12.2. The largest absolute Gasteiger partial charge is 0.378 e. The molecule has 0 aromatic heterocycles. The number of carbonyl (C=O) groups is 1. The second-order valence-electron chi connectivity index (χ2n) is 5.93. The molecule has 2 saturated heterocycles. The fourth-order valence-electron chi connectivity index (χ4n) is 3.18. The normalized spacial score (nSPS) is 30.1. The van der Waals surface area contributed by atoms with Crippen LogP contribution in [-0.4, -0.2) is 73.7 Å². The summed E-state index contributed by atoms with van der Waals surface area (Å²) in [6.45, 7) is 6.24. The molecule has 0 aromatic carbocycles. The Bertz CT molecular complexity index is 306. The van der Waals surface area contributed by atoms with Crippen molar-refractivity contribution in [1.82, 2.24) is 15.1 Å². The third-order valence-electron chi connectivity index (χ3n) is 4.68. The summed E-state index contributed by atoms with van der Waals surface area (Å²) < 4.78 is 5.40. The van der Waals surface area contributed by atoms with Crippen molar-refractivity contribution in [2.45, 2.75) is 37.8 Å². The SMILES string of the molecule is O=C(CC1COCCN1)N1CCN(C2CCC2)CC1. The highest BCUT2D eigenvalue weighted by atomic mass is 16.5. The maximum Gasteiger partial charge on any atom is 0.224 e. The standard InChI is InChI=1S/C14H25N3O2/c18-14(10-12-11-19-9-4-15-12)17-7-5-16(6-8-17)13-2-1-3-13/h12-13,15H,1-11H2. The smallest absolute Gasteiger partial charge is 0.224 e. The van der Waals surface area contributed by atoms with Crippen LogP contribution in [0.25, 0.3) is 0 Å². The third-order valence-corrected chi connectivity index (χ3v) is 4.68. The predicted molar refractivity (Wildman–Crippen MR) is 73.0 cm³/mol. The molecule has 0 spiro atoms. The molecule has 0 aromatic rings. The van der Waals surface area contributed by atoms with Crippen molar-refractivity contribution in [3.63, 3.8) is 0 Å². The monoisotopic (exact) mass is 267 g/mol. The van der Waals surface area contributed by atoms with Crippen LogP contribution in [0.4, 0.5) is 0 Å². The topological polar surface area (TPSA) is 44.8 Å². The van der Waals surface area contributed by atoms with Crippen molar-refractivity contribution in [2.75, 3.05) is 45.9 Å². The molecular weight excluding hydrogens is 242 g/mol. The van der Waals surface area contributed by atoms with Gasteiger partial charge in [-0.05, 0) is 12.8 Å². The molecule has 0 bridgehead atoms. The highest BCUT2D eigenvalue weighted by molar-refractivity contribution is 5.77. The van der Waals surface area contributed by atoms with Gasteiger partial charge in [-0.2, -0.15) is 0 Å². The van der Waals surface area contributed by atoms with E-state index in [0.29, 0.717) is 13.0 Å². The van der Waals surface area contributed by atoms with Crippen LogP contribution in [0.2, 0.25) is 0 Å². The summed E-state index contributed by atoms with van der Waals surface area (Å²) in [7, 11) is 0. The Labute approximate surface area is 115 Å². The lowest BCUT2D eigenvalue weighted by molar-refractivity contribution is -0.134. The number of hydrogen-bond acceptors (Lipinski definition) is 4. The number of rotatable bonds is 3. The molecule has 1 atom stereocenters. The molecule has 1 N–H and O–H groups in total. The Morgan fingerprint density at radius 3 is 2.58 bits per heavy atom. The minimum absolute atomic E-state index is 0.214. The van der Waals surface area contributed by atoms with E-state index in [9.17, 15) is 4.79 Å². The molecule has 3 aliphatic rings. The maximum absolute atomic E-state index is 12.2. The fraction of sp³-hybridized carbons (Fsp3) is 0.929. The van der Waals surface area contributed by atoms with Gasteiger partial charge in [0, 0.05) is 51.2 Å². The van der Waals surface area contributed by atoms with E-state index in [1.165, 1.54) is 19.3 Å². The Morgan fingerprint density at radius 2 is 2.00 bits per heavy atom. The molecule has 0 radical (unpaired) electrons. The fourth-order valence-corrected chi connectivity index (χ4v) is 3.18. The number of carbonyl (C=O) groups excluding carboxylic acids is 1. The molecule has 1 aliphatic carbocycles. The molecule has 1 unspecified atom stereocenters. The number of hydrogen-bond donors (Lipinski definition) is 1. The van der Waals surface area contributed by atoms with E-state index in [-0.39, 0.29) is 11.9 Å². The second kappa shape index (κ2) is 6.20. The van der Waals surface area contributed by atoms with Crippen molar-refractivity contribution in [1.29, 1.82) is 0 Å². The van der Waals surface area contributed by atoms with Crippen LogP contribution in [0.1, 0.15) is 25.7 Å². The first kappa shape index (κ1) is 13.3. The summed E-state index contributed by atoms with van der Waals surface area (Å²) in [5, 5.41) is 3.35. The Hall–Kier alpha value is -0.650. The van der Waals surface area contributed by atoms with Gasteiger partial charge in [0.1, 0.15) is 0 Å². The molecule has 5 nitrogen and oxygen atoms in total. The third kappa shape index (κ3) is 3.27. The molecule has 3 fully saturated rings. The van der Waals surface area contributed by atoms with Crippen LogP contribution in [0.15, 0.2) is 0 Å². The number of ether oxygens (including phenoxy) is 1. The van der Waals surface area contributed by atoms with E-state index < -0.39 is 0 Å². The van der Waals surface area contributed by atoms with Crippen molar-refractivity contribution < 1.29 is 9.53 Å². The summed E-state index contributed by atoms with van der Waals surface area (Å²) in [4.78, 5) is 16.8. The number of amides is 1. The van der Waals surface area contributed by atoms with Crippen LogP contribution in [0.5, 0.6) is 0 Å². The number of piperazine rings is 1. The molecule has 2 heterocycles. The minimum Gasteiger partial charge on any atom is -0.378 e. The molecular formula is C14H25N3O2.